The Morgan fingerprint density at radius 1 is 1.11 bits per heavy atom. The summed E-state index contributed by atoms with van der Waals surface area (Å²) < 4.78 is 12.0. The number of hydrogen-bond acceptors (Lipinski definition) is 6. The lowest BCUT2D eigenvalue weighted by Gasteiger charge is -2.30. The molecule has 28 heavy (non-hydrogen) atoms. The molecule has 1 aliphatic rings. The summed E-state index contributed by atoms with van der Waals surface area (Å²) in [6.07, 6.45) is 2.25. The van der Waals surface area contributed by atoms with E-state index in [2.05, 4.69) is 24.0 Å². The summed E-state index contributed by atoms with van der Waals surface area (Å²) in [6, 6.07) is 12.2. The van der Waals surface area contributed by atoms with E-state index in [4.69, 9.17) is 18.8 Å². The molecule has 3 aromatic heterocycles. The number of aromatic nitrogens is 2. The summed E-state index contributed by atoms with van der Waals surface area (Å²) in [5, 5.41) is 0. The van der Waals surface area contributed by atoms with Crippen LogP contribution in [0.5, 0.6) is 0 Å². The van der Waals surface area contributed by atoms with E-state index in [-0.39, 0.29) is 0 Å². The molecule has 4 aromatic rings. The third-order valence-corrected chi connectivity index (χ3v) is 6.37. The molecular weight excluding hydrogens is 370 g/mol. The smallest absolute Gasteiger partial charge is 0.236 e. The number of aryl methyl sites for hydroxylation is 2. The number of likely N-dealkylation sites (tertiary alicyclic amines) is 1. The molecular formula is C22H23N3O2S. The molecule has 0 radical (unpaired) electrons. The molecule has 1 aromatic carbocycles. The second kappa shape index (κ2) is 7.18. The number of nitrogens with zero attached hydrogens (tertiary/aromatic N) is 3. The van der Waals surface area contributed by atoms with Crippen molar-refractivity contribution in [2.75, 3.05) is 13.1 Å². The van der Waals surface area contributed by atoms with Gasteiger partial charge in [-0.05, 0) is 57.5 Å². The molecule has 1 fully saturated rings. The molecule has 1 aliphatic heterocycles. The van der Waals surface area contributed by atoms with Crippen molar-refractivity contribution >= 4 is 22.4 Å². The zero-order valence-electron chi connectivity index (χ0n) is 16.1. The lowest BCUT2D eigenvalue weighted by molar-refractivity contribution is 0.185. The normalized spacial score (nSPS) is 18.1. The molecule has 0 amide bonds. The highest BCUT2D eigenvalue weighted by atomic mass is 32.1. The van der Waals surface area contributed by atoms with Crippen molar-refractivity contribution in [3.05, 3.63) is 58.6 Å². The third-order valence-electron chi connectivity index (χ3n) is 5.38. The number of thiophene rings is 1. The first-order valence-electron chi connectivity index (χ1n) is 9.76. The van der Waals surface area contributed by atoms with Gasteiger partial charge in [0.1, 0.15) is 11.3 Å². The largest absolute Gasteiger partial charge is 0.440 e. The first-order chi connectivity index (χ1) is 13.7. The number of rotatable bonds is 4. The van der Waals surface area contributed by atoms with Crippen molar-refractivity contribution in [1.82, 2.24) is 14.9 Å². The Morgan fingerprint density at radius 3 is 2.82 bits per heavy atom. The number of fused-ring (bicyclic) bond motifs is 1. The van der Waals surface area contributed by atoms with E-state index in [1.54, 1.807) is 11.3 Å². The number of benzene rings is 1. The van der Waals surface area contributed by atoms with Gasteiger partial charge < -0.3 is 8.83 Å². The van der Waals surface area contributed by atoms with Gasteiger partial charge >= 0.3 is 0 Å². The predicted octanol–water partition coefficient (Wildman–Crippen LogP) is 5.54. The zero-order chi connectivity index (χ0) is 19.1. The predicted molar refractivity (Wildman–Crippen MR) is 111 cm³/mol. The molecule has 1 atom stereocenters. The van der Waals surface area contributed by atoms with E-state index >= 15 is 0 Å². The molecule has 5 nitrogen and oxygen atoms in total. The van der Waals surface area contributed by atoms with Gasteiger partial charge in [-0.15, -0.1) is 11.3 Å². The van der Waals surface area contributed by atoms with E-state index in [1.807, 2.05) is 31.2 Å². The maximum absolute atomic E-state index is 6.02. The average molecular weight is 394 g/mol. The molecule has 0 spiro atoms. The van der Waals surface area contributed by atoms with E-state index in [9.17, 15) is 0 Å². The highest BCUT2D eigenvalue weighted by molar-refractivity contribution is 7.15. The first kappa shape index (κ1) is 17.6. The van der Waals surface area contributed by atoms with Crippen LogP contribution in [0, 0.1) is 13.8 Å². The lowest BCUT2D eigenvalue weighted by atomic mass is 9.98. The second-order valence-corrected chi connectivity index (χ2v) is 8.81. The van der Waals surface area contributed by atoms with Gasteiger partial charge in [-0.25, -0.2) is 9.97 Å². The van der Waals surface area contributed by atoms with Crippen LogP contribution < -0.4 is 0 Å². The van der Waals surface area contributed by atoms with Crippen LogP contribution in [0.3, 0.4) is 0 Å². The number of oxazole rings is 2. The van der Waals surface area contributed by atoms with Gasteiger partial charge in [0.25, 0.3) is 0 Å². The quantitative estimate of drug-likeness (QED) is 0.455. The van der Waals surface area contributed by atoms with Crippen molar-refractivity contribution < 1.29 is 8.83 Å². The van der Waals surface area contributed by atoms with Crippen molar-refractivity contribution in [2.24, 2.45) is 0 Å². The highest BCUT2D eigenvalue weighted by Gasteiger charge is 2.26. The minimum absolute atomic E-state index is 0.327. The van der Waals surface area contributed by atoms with E-state index < -0.39 is 0 Å². The highest BCUT2D eigenvalue weighted by Crippen LogP contribution is 2.32. The third kappa shape index (κ3) is 3.38. The van der Waals surface area contributed by atoms with Gasteiger partial charge in [-0.3, -0.25) is 4.90 Å². The minimum Gasteiger partial charge on any atom is -0.440 e. The van der Waals surface area contributed by atoms with Gasteiger partial charge in [0.15, 0.2) is 11.5 Å². The molecule has 6 heteroatoms. The van der Waals surface area contributed by atoms with Crippen LogP contribution in [0.25, 0.3) is 21.9 Å². The van der Waals surface area contributed by atoms with Crippen molar-refractivity contribution in [1.29, 1.82) is 0 Å². The molecule has 144 valence electrons. The fourth-order valence-corrected chi connectivity index (χ4v) is 4.70. The van der Waals surface area contributed by atoms with Crippen molar-refractivity contribution in [2.45, 2.75) is 39.2 Å². The topological polar surface area (TPSA) is 55.3 Å². The summed E-state index contributed by atoms with van der Waals surface area (Å²) in [7, 11) is 0. The molecule has 5 rings (SSSR count). The monoisotopic (exact) mass is 393 g/mol. The first-order valence-corrected chi connectivity index (χ1v) is 10.6. The molecule has 0 N–H and O–H groups in total. The Balaban J connectivity index is 1.32. The van der Waals surface area contributed by atoms with Crippen LogP contribution in [0.2, 0.25) is 0 Å². The van der Waals surface area contributed by atoms with E-state index in [1.165, 1.54) is 4.88 Å². The Kier molecular flexibility index (Phi) is 4.53. The zero-order valence-corrected chi connectivity index (χ0v) is 17.0. The van der Waals surface area contributed by atoms with Crippen LogP contribution in [0.15, 0.2) is 45.2 Å². The molecule has 0 bridgehead atoms. The summed E-state index contributed by atoms with van der Waals surface area (Å²) >= 11 is 1.72. The van der Waals surface area contributed by atoms with Gasteiger partial charge in [-0.2, -0.15) is 0 Å². The summed E-state index contributed by atoms with van der Waals surface area (Å²) in [4.78, 5) is 14.3. The molecule has 1 saturated heterocycles. The Labute approximate surface area is 168 Å². The van der Waals surface area contributed by atoms with Gasteiger partial charge in [0.2, 0.25) is 5.89 Å². The fraction of sp³-hybridized carbons (Fsp3) is 0.364. The average Bonchev–Trinajstić information content (AvgIpc) is 3.41. The van der Waals surface area contributed by atoms with Crippen LogP contribution in [-0.2, 0) is 6.54 Å². The Morgan fingerprint density at radius 2 is 2.00 bits per heavy atom. The van der Waals surface area contributed by atoms with Gasteiger partial charge in [0.05, 0.1) is 10.6 Å². The van der Waals surface area contributed by atoms with Gasteiger partial charge in [-0.1, -0.05) is 12.1 Å². The van der Waals surface area contributed by atoms with E-state index in [0.717, 1.165) is 71.7 Å². The molecule has 0 aliphatic carbocycles. The number of piperidine rings is 1. The lowest BCUT2D eigenvalue weighted by Crippen LogP contribution is -2.34. The number of hydrogen-bond donors (Lipinski definition) is 0. The van der Waals surface area contributed by atoms with Crippen LogP contribution in [0.4, 0.5) is 0 Å². The summed E-state index contributed by atoms with van der Waals surface area (Å²) in [5.74, 6) is 2.83. The SMILES string of the molecule is Cc1ccc(-c2nc(CN3CCC[C@@H](c4nc5ccccc5o4)C3)c(C)o2)s1. The Hall–Kier alpha value is -2.44. The van der Waals surface area contributed by atoms with Crippen molar-refractivity contribution in [3.8, 4) is 10.8 Å². The maximum atomic E-state index is 6.02. The maximum Gasteiger partial charge on any atom is 0.236 e. The Bertz CT molecular complexity index is 1080. The van der Waals surface area contributed by atoms with Crippen LogP contribution in [-0.4, -0.2) is 28.0 Å². The molecule has 0 saturated carbocycles. The summed E-state index contributed by atoms with van der Waals surface area (Å²) in [5.41, 5.74) is 2.84. The molecule has 4 heterocycles. The van der Waals surface area contributed by atoms with E-state index in [0.29, 0.717) is 5.92 Å². The van der Waals surface area contributed by atoms with Crippen LogP contribution >= 0.6 is 11.3 Å². The summed E-state index contributed by atoms with van der Waals surface area (Å²) in [6.45, 7) is 6.92. The molecule has 0 unspecified atom stereocenters. The van der Waals surface area contributed by atoms with Crippen LogP contribution in [0.1, 0.15) is 41.0 Å². The minimum atomic E-state index is 0.327. The fourth-order valence-electron chi connectivity index (χ4n) is 3.91. The van der Waals surface area contributed by atoms with Crippen molar-refractivity contribution in [3.63, 3.8) is 0 Å². The standard InChI is InChI=1S/C22H23N3O2S/c1-14-9-10-20(28-14)22-24-18(15(2)26-22)13-25-11-5-6-16(12-25)21-23-17-7-3-4-8-19(17)27-21/h3-4,7-10,16H,5-6,11-13H2,1-2H3/t16-/m1/s1. The van der Waals surface area contributed by atoms with Gasteiger partial charge in [0, 0.05) is 23.9 Å². The second-order valence-electron chi connectivity index (χ2n) is 7.53. The number of para-hydroxylation sites is 2.